The average Bonchev–Trinajstić information content (AvgIpc) is 2.59. The predicted octanol–water partition coefficient (Wildman–Crippen LogP) is 1.05. The molecule has 0 aromatic heterocycles. The Bertz CT molecular complexity index is 643. The maximum Gasteiger partial charge on any atom is 0.243 e. The van der Waals surface area contributed by atoms with Gasteiger partial charge in [0.25, 0.3) is 0 Å². The number of nitrogens with one attached hydrogen (secondary N) is 1. The molecule has 1 aliphatic heterocycles. The Morgan fingerprint density at radius 2 is 1.88 bits per heavy atom. The summed E-state index contributed by atoms with van der Waals surface area (Å²) in [4.78, 5) is 14.1. The minimum absolute atomic E-state index is 0.00751. The molecule has 0 aliphatic carbocycles. The third-order valence-electron chi connectivity index (χ3n) is 3.99. The third kappa shape index (κ3) is 4.75. The summed E-state index contributed by atoms with van der Waals surface area (Å²) in [5, 5.41) is 3.16. The number of hydrogen-bond acceptors (Lipinski definition) is 4. The first kappa shape index (κ1) is 18.8. The van der Waals surface area contributed by atoms with E-state index in [4.69, 9.17) is 0 Å². The lowest BCUT2D eigenvalue weighted by atomic mass is 10.3. The van der Waals surface area contributed by atoms with Crippen LogP contribution in [-0.4, -0.2) is 62.8 Å². The Hall–Kier alpha value is -1.51. The highest BCUT2D eigenvalue weighted by Crippen LogP contribution is 2.17. The van der Waals surface area contributed by atoms with Gasteiger partial charge in [0.2, 0.25) is 15.9 Å². The summed E-state index contributed by atoms with van der Waals surface area (Å²) < 4.78 is 39.8. The van der Waals surface area contributed by atoms with Gasteiger partial charge in [-0.15, -0.1) is 0 Å². The summed E-state index contributed by atoms with van der Waals surface area (Å²) in [5.41, 5.74) is 0. The lowest BCUT2D eigenvalue weighted by molar-refractivity contribution is -0.131. The number of hydrogen-bond donors (Lipinski definition) is 1. The first-order chi connectivity index (χ1) is 11.4. The number of nitrogens with zero attached hydrogens (tertiary/aromatic N) is 2. The van der Waals surface area contributed by atoms with Crippen LogP contribution >= 0.6 is 0 Å². The molecule has 1 saturated heterocycles. The first-order valence-electron chi connectivity index (χ1n) is 8.19. The number of sulfonamides is 1. The van der Waals surface area contributed by atoms with Crippen molar-refractivity contribution in [3.05, 3.63) is 30.1 Å². The van der Waals surface area contributed by atoms with Gasteiger partial charge in [-0.2, -0.15) is 4.31 Å². The van der Waals surface area contributed by atoms with Gasteiger partial charge in [-0.05, 0) is 30.7 Å². The van der Waals surface area contributed by atoms with E-state index in [9.17, 15) is 17.6 Å². The monoisotopic (exact) mass is 357 g/mol. The van der Waals surface area contributed by atoms with Gasteiger partial charge >= 0.3 is 0 Å². The van der Waals surface area contributed by atoms with E-state index in [-0.39, 0.29) is 23.9 Å². The van der Waals surface area contributed by atoms with Crippen LogP contribution in [0, 0.1) is 5.82 Å². The molecule has 1 heterocycles. The third-order valence-corrected chi connectivity index (χ3v) is 5.85. The first-order valence-corrected chi connectivity index (χ1v) is 9.63. The lowest BCUT2D eigenvalue weighted by Crippen LogP contribution is -2.50. The molecule has 0 spiro atoms. The highest BCUT2D eigenvalue weighted by Gasteiger charge is 2.28. The van der Waals surface area contributed by atoms with Crippen LogP contribution in [0.2, 0.25) is 0 Å². The molecular weight excluding hydrogens is 333 g/mol. The maximum atomic E-state index is 13.1. The molecule has 0 saturated carbocycles. The zero-order chi connectivity index (χ0) is 17.6. The van der Waals surface area contributed by atoms with E-state index in [1.165, 1.54) is 16.4 Å². The van der Waals surface area contributed by atoms with Crippen LogP contribution in [0.4, 0.5) is 4.39 Å². The number of carbonyl (C=O) groups is 1. The number of benzene rings is 1. The minimum Gasteiger partial charge on any atom is -0.339 e. The molecule has 1 amide bonds. The summed E-state index contributed by atoms with van der Waals surface area (Å²) in [7, 11) is -3.82. The quantitative estimate of drug-likeness (QED) is 0.792. The van der Waals surface area contributed by atoms with E-state index in [0.717, 1.165) is 18.6 Å². The summed E-state index contributed by atoms with van der Waals surface area (Å²) in [5.74, 6) is -0.691. The van der Waals surface area contributed by atoms with Crippen molar-refractivity contribution >= 4 is 15.9 Å². The Balaban J connectivity index is 2.16. The molecule has 1 aromatic carbocycles. The number of piperazine rings is 1. The van der Waals surface area contributed by atoms with Crippen molar-refractivity contribution in [3.8, 4) is 0 Å². The van der Waals surface area contributed by atoms with E-state index in [2.05, 4.69) is 5.32 Å². The molecule has 1 aromatic rings. The van der Waals surface area contributed by atoms with Crippen molar-refractivity contribution < 1.29 is 17.6 Å². The second-order valence-corrected chi connectivity index (χ2v) is 7.71. The summed E-state index contributed by atoms with van der Waals surface area (Å²) in [6, 6.07) is 4.70. The van der Waals surface area contributed by atoms with Crippen molar-refractivity contribution in [1.29, 1.82) is 0 Å². The van der Waals surface area contributed by atoms with Crippen LogP contribution < -0.4 is 5.32 Å². The van der Waals surface area contributed by atoms with Crippen LogP contribution in [0.3, 0.4) is 0 Å². The van der Waals surface area contributed by atoms with Gasteiger partial charge in [0.05, 0.1) is 11.4 Å². The van der Waals surface area contributed by atoms with Crippen LogP contribution in [0.1, 0.15) is 19.8 Å². The van der Waals surface area contributed by atoms with E-state index >= 15 is 0 Å². The van der Waals surface area contributed by atoms with Gasteiger partial charge in [0.1, 0.15) is 5.82 Å². The number of amides is 1. The highest BCUT2D eigenvalue weighted by molar-refractivity contribution is 7.89. The molecule has 6 nitrogen and oxygen atoms in total. The Labute approximate surface area is 142 Å². The number of rotatable bonds is 7. The topological polar surface area (TPSA) is 69.7 Å². The molecule has 0 atom stereocenters. The summed E-state index contributed by atoms with van der Waals surface area (Å²) in [6.45, 7) is 4.64. The van der Waals surface area contributed by atoms with Gasteiger partial charge in [-0.3, -0.25) is 4.79 Å². The molecule has 2 rings (SSSR count). The van der Waals surface area contributed by atoms with Crippen molar-refractivity contribution in [1.82, 2.24) is 14.5 Å². The molecular formula is C16H24FN3O3S. The fourth-order valence-corrected chi connectivity index (χ4v) is 3.97. The molecule has 1 N–H and O–H groups in total. The molecule has 0 bridgehead atoms. The predicted molar refractivity (Wildman–Crippen MR) is 89.5 cm³/mol. The zero-order valence-electron chi connectivity index (χ0n) is 13.9. The minimum atomic E-state index is -3.82. The molecule has 0 radical (unpaired) electrons. The van der Waals surface area contributed by atoms with Crippen molar-refractivity contribution in [2.24, 2.45) is 0 Å². The van der Waals surface area contributed by atoms with Gasteiger partial charge in [-0.25, -0.2) is 12.8 Å². The Kier molecular flexibility index (Phi) is 6.70. The molecule has 1 fully saturated rings. The van der Waals surface area contributed by atoms with Crippen LogP contribution in [0.25, 0.3) is 0 Å². The van der Waals surface area contributed by atoms with E-state index in [1.54, 1.807) is 4.90 Å². The number of unbranched alkanes of at least 4 members (excludes halogenated alkanes) is 1. The van der Waals surface area contributed by atoms with Crippen LogP contribution in [0.5, 0.6) is 0 Å². The van der Waals surface area contributed by atoms with Crippen molar-refractivity contribution in [2.45, 2.75) is 24.7 Å². The standard InChI is InChI=1S/C16H24FN3O3S/c1-2-3-10-20(13-16(21)19-11-8-18-9-12-19)24(22,23)15-6-4-14(17)5-7-15/h4-7,18H,2-3,8-13H2,1H3. The van der Waals surface area contributed by atoms with E-state index in [0.29, 0.717) is 32.6 Å². The van der Waals surface area contributed by atoms with Crippen LogP contribution in [-0.2, 0) is 14.8 Å². The Morgan fingerprint density at radius 3 is 2.46 bits per heavy atom. The lowest BCUT2D eigenvalue weighted by Gasteiger charge is -2.30. The fourth-order valence-electron chi connectivity index (χ4n) is 2.54. The van der Waals surface area contributed by atoms with E-state index in [1.807, 2.05) is 6.92 Å². The maximum absolute atomic E-state index is 13.1. The Morgan fingerprint density at radius 1 is 1.25 bits per heavy atom. The molecule has 8 heteroatoms. The van der Waals surface area contributed by atoms with Gasteiger partial charge < -0.3 is 10.2 Å². The second-order valence-electron chi connectivity index (χ2n) is 5.78. The number of carbonyl (C=O) groups excluding carboxylic acids is 1. The zero-order valence-corrected chi connectivity index (χ0v) is 14.7. The van der Waals surface area contributed by atoms with Crippen molar-refractivity contribution in [2.75, 3.05) is 39.3 Å². The summed E-state index contributed by atoms with van der Waals surface area (Å²) >= 11 is 0. The smallest absolute Gasteiger partial charge is 0.243 e. The molecule has 24 heavy (non-hydrogen) atoms. The molecule has 1 aliphatic rings. The molecule has 134 valence electrons. The fraction of sp³-hybridized carbons (Fsp3) is 0.562. The van der Waals surface area contributed by atoms with Crippen molar-refractivity contribution in [3.63, 3.8) is 0 Å². The summed E-state index contributed by atoms with van der Waals surface area (Å²) in [6.07, 6.45) is 1.48. The van der Waals surface area contributed by atoms with Gasteiger partial charge in [-0.1, -0.05) is 13.3 Å². The number of halogens is 1. The largest absolute Gasteiger partial charge is 0.339 e. The second kappa shape index (κ2) is 8.55. The molecule has 0 unspecified atom stereocenters. The van der Waals surface area contributed by atoms with E-state index < -0.39 is 15.8 Å². The van der Waals surface area contributed by atoms with Gasteiger partial charge in [0.15, 0.2) is 0 Å². The SMILES string of the molecule is CCCCN(CC(=O)N1CCNCC1)S(=O)(=O)c1ccc(F)cc1. The van der Waals surface area contributed by atoms with Gasteiger partial charge in [0, 0.05) is 32.7 Å². The van der Waals surface area contributed by atoms with Crippen LogP contribution in [0.15, 0.2) is 29.2 Å². The average molecular weight is 357 g/mol. The highest BCUT2D eigenvalue weighted by atomic mass is 32.2. The normalized spacial score (nSPS) is 15.7.